The van der Waals surface area contributed by atoms with Gasteiger partial charge in [-0.1, -0.05) is 53.5 Å². The molecule has 0 aliphatic carbocycles. The second kappa shape index (κ2) is 7.27. The van der Waals surface area contributed by atoms with Crippen LogP contribution in [0.1, 0.15) is 5.56 Å². The minimum Gasteiger partial charge on any atom is -0.507 e. The SMILES string of the molecule is O=c1cc(O)c2c(-c3cc(Cl)c(OCc4ccccc4)c(Cl)c3)csc2[nH]1. The van der Waals surface area contributed by atoms with E-state index in [1.807, 2.05) is 35.7 Å². The van der Waals surface area contributed by atoms with Gasteiger partial charge in [-0.15, -0.1) is 11.3 Å². The van der Waals surface area contributed by atoms with E-state index in [0.29, 0.717) is 32.6 Å². The molecule has 0 radical (unpaired) electrons. The Hall–Kier alpha value is -2.47. The number of ether oxygens (including phenoxy) is 1. The number of aromatic amines is 1. The van der Waals surface area contributed by atoms with Crippen LogP contribution in [0, 0.1) is 0 Å². The molecule has 0 aliphatic heterocycles. The normalized spacial score (nSPS) is 11.0. The van der Waals surface area contributed by atoms with Crippen LogP contribution in [0.2, 0.25) is 10.0 Å². The number of halogens is 2. The first-order chi connectivity index (χ1) is 13.0. The first kappa shape index (κ1) is 17.9. The van der Waals surface area contributed by atoms with Crippen molar-refractivity contribution >= 4 is 44.8 Å². The maximum absolute atomic E-state index is 11.5. The van der Waals surface area contributed by atoms with Crippen LogP contribution < -0.4 is 10.3 Å². The van der Waals surface area contributed by atoms with Crippen LogP contribution in [0.5, 0.6) is 11.5 Å². The smallest absolute Gasteiger partial charge is 0.252 e. The molecule has 7 heteroatoms. The number of hydrogen-bond acceptors (Lipinski definition) is 4. The first-order valence-electron chi connectivity index (χ1n) is 8.02. The standard InChI is InChI=1S/C20H13Cl2NO3S/c21-14-6-12(13-10-27-20-18(13)16(24)8-17(25)23-20)7-15(22)19(14)26-9-11-4-2-1-3-5-11/h1-8,10H,9H2,(H2,23,24,25). The Balaban J connectivity index is 1.71. The highest BCUT2D eigenvalue weighted by atomic mass is 35.5. The number of benzene rings is 2. The number of H-pyrrole nitrogens is 1. The molecule has 2 N–H and O–H groups in total. The summed E-state index contributed by atoms with van der Waals surface area (Å²) >= 11 is 14.1. The Morgan fingerprint density at radius 1 is 1.07 bits per heavy atom. The molecule has 0 atom stereocenters. The van der Waals surface area contributed by atoms with Crippen molar-refractivity contribution in [2.45, 2.75) is 6.61 Å². The van der Waals surface area contributed by atoms with E-state index in [9.17, 15) is 9.90 Å². The van der Waals surface area contributed by atoms with Gasteiger partial charge in [-0.25, -0.2) is 0 Å². The summed E-state index contributed by atoms with van der Waals surface area (Å²) in [4.78, 5) is 14.8. The van der Waals surface area contributed by atoms with Crippen molar-refractivity contribution in [1.82, 2.24) is 4.98 Å². The Bertz CT molecular complexity index is 1160. The van der Waals surface area contributed by atoms with Crippen LogP contribution in [-0.2, 0) is 6.61 Å². The number of pyridine rings is 1. The molecule has 0 aliphatic rings. The lowest BCUT2D eigenvalue weighted by Gasteiger charge is -2.12. The van der Waals surface area contributed by atoms with Crippen LogP contribution >= 0.6 is 34.5 Å². The van der Waals surface area contributed by atoms with Crippen molar-refractivity contribution in [2.75, 3.05) is 0 Å². The molecule has 0 saturated heterocycles. The van der Waals surface area contributed by atoms with Gasteiger partial charge in [0, 0.05) is 17.0 Å². The number of aromatic nitrogens is 1. The molecule has 2 aromatic carbocycles. The Morgan fingerprint density at radius 2 is 1.78 bits per heavy atom. The van der Waals surface area contributed by atoms with Gasteiger partial charge in [0.2, 0.25) is 0 Å². The molecule has 27 heavy (non-hydrogen) atoms. The van der Waals surface area contributed by atoms with Crippen LogP contribution in [0.15, 0.2) is 58.7 Å². The fraction of sp³-hybridized carbons (Fsp3) is 0.0500. The quantitative estimate of drug-likeness (QED) is 0.437. The highest BCUT2D eigenvalue weighted by Crippen LogP contribution is 2.42. The number of fused-ring (bicyclic) bond motifs is 1. The lowest BCUT2D eigenvalue weighted by atomic mass is 10.1. The summed E-state index contributed by atoms with van der Waals surface area (Å²) in [6.07, 6.45) is 0. The average molecular weight is 418 g/mol. The monoisotopic (exact) mass is 417 g/mol. The van der Waals surface area contributed by atoms with Crippen molar-refractivity contribution < 1.29 is 9.84 Å². The van der Waals surface area contributed by atoms with Gasteiger partial charge in [-0.3, -0.25) is 4.79 Å². The zero-order valence-corrected chi connectivity index (χ0v) is 16.2. The van der Waals surface area contributed by atoms with Crippen molar-refractivity contribution in [2.24, 2.45) is 0 Å². The molecule has 4 rings (SSSR count). The Morgan fingerprint density at radius 3 is 2.48 bits per heavy atom. The molecule has 4 aromatic rings. The van der Waals surface area contributed by atoms with Crippen LogP contribution in [-0.4, -0.2) is 10.1 Å². The summed E-state index contributed by atoms with van der Waals surface area (Å²) in [5.41, 5.74) is 2.12. The number of hydrogen-bond donors (Lipinski definition) is 2. The summed E-state index contributed by atoms with van der Waals surface area (Å²) in [6.45, 7) is 0.350. The van der Waals surface area contributed by atoms with Gasteiger partial charge < -0.3 is 14.8 Å². The number of aromatic hydroxyl groups is 1. The van der Waals surface area contributed by atoms with Crippen molar-refractivity contribution in [3.8, 4) is 22.6 Å². The van der Waals surface area contributed by atoms with Gasteiger partial charge in [0.1, 0.15) is 17.2 Å². The fourth-order valence-corrected chi connectivity index (χ4v) is 4.42. The highest BCUT2D eigenvalue weighted by molar-refractivity contribution is 7.17. The lowest BCUT2D eigenvalue weighted by molar-refractivity contribution is 0.306. The highest BCUT2D eigenvalue weighted by Gasteiger charge is 2.16. The largest absolute Gasteiger partial charge is 0.507 e. The molecule has 0 fully saturated rings. The molecule has 0 bridgehead atoms. The van der Waals surface area contributed by atoms with Crippen molar-refractivity contribution in [3.63, 3.8) is 0 Å². The summed E-state index contributed by atoms with van der Waals surface area (Å²) in [5, 5.41) is 13.3. The zero-order valence-electron chi connectivity index (χ0n) is 13.8. The molecular weight excluding hydrogens is 405 g/mol. The van der Waals surface area contributed by atoms with Crippen molar-refractivity contribution in [3.05, 3.63) is 79.9 Å². The van der Waals surface area contributed by atoms with Gasteiger partial charge in [-0.05, 0) is 23.3 Å². The van der Waals surface area contributed by atoms with Crippen LogP contribution in [0.25, 0.3) is 21.3 Å². The number of rotatable bonds is 4. The van der Waals surface area contributed by atoms with E-state index in [2.05, 4.69) is 4.98 Å². The Labute approximate surface area is 168 Å². The molecule has 2 aromatic heterocycles. The molecule has 0 saturated carbocycles. The third-order valence-corrected chi connectivity index (χ3v) is 5.54. The van der Waals surface area contributed by atoms with E-state index in [1.165, 1.54) is 11.3 Å². The fourth-order valence-electron chi connectivity index (χ4n) is 2.84. The van der Waals surface area contributed by atoms with Crippen LogP contribution in [0.4, 0.5) is 0 Å². The summed E-state index contributed by atoms with van der Waals surface area (Å²) < 4.78 is 5.79. The second-order valence-electron chi connectivity index (χ2n) is 5.92. The van der Waals surface area contributed by atoms with Gasteiger partial charge in [0.05, 0.1) is 15.4 Å². The van der Waals surface area contributed by atoms with Crippen LogP contribution in [0.3, 0.4) is 0 Å². The number of thiophene rings is 1. The van der Waals surface area contributed by atoms with Gasteiger partial charge in [0.25, 0.3) is 5.56 Å². The number of nitrogens with one attached hydrogen (secondary N) is 1. The second-order valence-corrected chi connectivity index (χ2v) is 7.61. The topological polar surface area (TPSA) is 62.3 Å². The van der Waals surface area contributed by atoms with E-state index in [0.717, 1.165) is 22.8 Å². The third kappa shape index (κ3) is 3.54. The van der Waals surface area contributed by atoms with E-state index >= 15 is 0 Å². The molecule has 2 heterocycles. The summed E-state index contributed by atoms with van der Waals surface area (Å²) in [6, 6.07) is 14.3. The van der Waals surface area contributed by atoms with Gasteiger partial charge in [-0.2, -0.15) is 0 Å². The van der Waals surface area contributed by atoms with E-state index in [-0.39, 0.29) is 11.3 Å². The molecule has 0 amide bonds. The summed E-state index contributed by atoms with van der Waals surface area (Å²) in [7, 11) is 0. The molecule has 0 unspecified atom stereocenters. The van der Waals surface area contributed by atoms with E-state index in [1.54, 1.807) is 12.1 Å². The van der Waals surface area contributed by atoms with E-state index < -0.39 is 0 Å². The van der Waals surface area contributed by atoms with E-state index in [4.69, 9.17) is 27.9 Å². The first-order valence-corrected chi connectivity index (χ1v) is 9.66. The predicted octanol–water partition coefficient (Wildman–Crippen LogP) is 5.85. The minimum absolute atomic E-state index is 0.0818. The Kier molecular flexibility index (Phi) is 4.83. The molecular formula is C20H13Cl2NO3S. The molecule has 4 nitrogen and oxygen atoms in total. The van der Waals surface area contributed by atoms with Crippen molar-refractivity contribution in [1.29, 1.82) is 0 Å². The van der Waals surface area contributed by atoms with Gasteiger partial charge in [0.15, 0.2) is 5.75 Å². The van der Waals surface area contributed by atoms with Gasteiger partial charge >= 0.3 is 0 Å². The average Bonchev–Trinajstić information content (AvgIpc) is 3.06. The summed E-state index contributed by atoms with van der Waals surface area (Å²) in [5.74, 6) is 0.324. The maximum Gasteiger partial charge on any atom is 0.252 e. The molecule has 136 valence electrons. The third-order valence-electron chi connectivity index (χ3n) is 4.09. The lowest BCUT2D eigenvalue weighted by Crippen LogP contribution is -2.01. The minimum atomic E-state index is -0.353. The zero-order chi connectivity index (χ0) is 19.0. The maximum atomic E-state index is 11.5. The molecule has 0 spiro atoms. The predicted molar refractivity (Wildman–Crippen MR) is 110 cm³/mol.